The Balaban J connectivity index is 2.06. The van der Waals surface area contributed by atoms with Gasteiger partial charge >= 0.3 is 0 Å². The number of halogens is 1. The van der Waals surface area contributed by atoms with Crippen LogP contribution in [0.4, 0.5) is 0 Å². The van der Waals surface area contributed by atoms with Crippen LogP contribution in [-0.2, 0) is 6.42 Å². The van der Waals surface area contributed by atoms with Crippen molar-refractivity contribution in [1.82, 2.24) is 0 Å². The highest BCUT2D eigenvalue weighted by Gasteiger charge is 2.34. The van der Waals surface area contributed by atoms with E-state index in [4.69, 9.17) is 0 Å². The van der Waals surface area contributed by atoms with Crippen molar-refractivity contribution in [3.63, 3.8) is 0 Å². The van der Waals surface area contributed by atoms with Crippen LogP contribution in [0, 0.1) is 22.7 Å². The highest BCUT2D eigenvalue weighted by atomic mass is 79.9. The zero-order chi connectivity index (χ0) is 13.0. The first-order valence-electron chi connectivity index (χ1n) is 6.83. The molecule has 0 N–H and O–H groups in total. The molecule has 2 rings (SSSR count). The van der Waals surface area contributed by atoms with Crippen molar-refractivity contribution in [3.8, 4) is 6.07 Å². The number of rotatable bonds is 3. The van der Waals surface area contributed by atoms with Crippen LogP contribution in [0.25, 0.3) is 0 Å². The Morgan fingerprint density at radius 1 is 1.28 bits per heavy atom. The summed E-state index contributed by atoms with van der Waals surface area (Å²) in [5.41, 5.74) is 1.18. The second-order valence-electron chi connectivity index (χ2n) is 5.55. The van der Waals surface area contributed by atoms with Crippen LogP contribution < -0.4 is 0 Å². The summed E-state index contributed by atoms with van der Waals surface area (Å²) in [6.45, 7) is 2.26. The SMILES string of the molecule is CCC1CCC(C#N)(Cc2ccc(Br)cc2)CC1. The number of nitrogens with zero attached hydrogens (tertiary/aromatic N) is 1. The molecule has 0 amide bonds. The van der Waals surface area contributed by atoms with Crippen LogP contribution in [-0.4, -0.2) is 0 Å². The smallest absolute Gasteiger partial charge is 0.0693 e. The first-order chi connectivity index (χ1) is 8.67. The van der Waals surface area contributed by atoms with Crippen molar-refractivity contribution >= 4 is 15.9 Å². The van der Waals surface area contributed by atoms with Gasteiger partial charge in [0, 0.05) is 4.47 Å². The van der Waals surface area contributed by atoms with Crippen molar-refractivity contribution in [2.75, 3.05) is 0 Å². The molecule has 1 aliphatic carbocycles. The molecule has 0 spiro atoms. The predicted octanol–water partition coefficient (Wildman–Crippen LogP) is 5.10. The molecule has 0 aliphatic heterocycles. The van der Waals surface area contributed by atoms with Gasteiger partial charge in [-0.3, -0.25) is 0 Å². The molecular formula is C16H20BrN. The molecule has 0 unspecified atom stereocenters. The molecule has 1 aromatic rings. The zero-order valence-corrected chi connectivity index (χ0v) is 12.5. The summed E-state index contributed by atoms with van der Waals surface area (Å²) in [5.74, 6) is 0.844. The van der Waals surface area contributed by atoms with Crippen LogP contribution in [0.5, 0.6) is 0 Å². The van der Waals surface area contributed by atoms with Gasteiger partial charge in [-0.2, -0.15) is 5.26 Å². The third-order valence-electron chi connectivity index (χ3n) is 4.33. The Morgan fingerprint density at radius 3 is 2.39 bits per heavy atom. The Bertz CT molecular complexity index is 421. The molecule has 0 atom stereocenters. The van der Waals surface area contributed by atoms with E-state index < -0.39 is 0 Å². The third kappa shape index (κ3) is 3.14. The molecular weight excluding hydrogens is 286 g/mol. The van der Waals surface area contributed by atoms with Gasteiger partial charge in [-0.1, -0.05) is 41.4 Å². The van der Waals surface area contributed by atoms with E-state index in [0.29, 0.717) is 0 Å². The Hall–Kier alpha value is -0.810. The van der Waals surface area contributed by atoms with Crippen LogP contribution in [0.15, 0.2) is 28.7 Å². The Labute approximate surface area is 118 Å². The minimum Gasteiger partial charge on any atom is -0.198 e. The van der Waals surface area contributed by atoms with Gasteiger partial charge < -0.3 is 0 Å². The van der Waals surface area contributed by atoms with E-state index in [1.165, 1.54) is 24.8 Å². The molecule has 1 aromatic carbocycles. The average Bonchev–Trinajstić information content (AvgIpc) is 2.42. The van der Waals surface area contributed by atoms with E-state index in [0.717, 1.165) is 29.7 Å². The molecule has 2 heteroatoms. The quantitative estimate of drug-likeness (QED) is 0.762. The maximum Gasteiger partial charge on any atom is 0.0693 e. The van der Waals surface area contributed by atoms with Crippen molar-refractivity contribution in [2.45, 2.75) is 45.4 Å². The molecule has 1 aliphatic rings. The molecule has 1 nitrogen and oxygen atoms in total. The molecule has 1 fully saturated rings. The fourth-order valence-electron chi connectivity index (χ4n) is 2.96. The molecule has 0 radical (unpaired) electrons. The lowest BCUT2D eigenvalue weighted by Gasteiger charge is -2.34. The monoisotopic (exact) mass is 305 g/mol. The van der Waals surface area contributed by atoms with E-state index >= 15 is 0 Å². The van der Waals surface area contributed by atoms with Gasteiger partial charge in [-0.05, 0) is 55.7 Å². The van der Waals surface area contributed by atoms with Gasteiger partial charge in [-0.15, -0.1) is 0 Å². The lowest BCUT2D eigenvalue weighted by atomic mass is 9.68. The van der Waals surface area contributed by atoms with Crippen LogP contribution in [0.2, 0.25) is 0 Å². The second-order valence-corrected chi connectivity index (χ2v) is 6.46. The standard InChI is InChI=1S/C16H20BrN/c1-2-13-7-9-16(12-18,10-8-13)11-14-3-5-15(17)6-4-14/h3-6,13H,2,7-11H2,1H3. The van der Waals surface area contributed by atoms with Gasteiger partial charge in [0.2, 0.25) is 0 Å². The summed E-state index contributed by atoms with van der Waals surface area (Å²) in [4.78, 5) is 0. The fraction of sp³-hybridized carbons (Fsp3) is 0.562. The van der Waals surface area contributed by atoms with Gasteiger partial charge in [0.05, 0.1) is 11.5 Å². The van der Waals surface area contributed by atoms with Gasteiger partial charge in [-0.25, -0.2) is 0 Å². The molecule has 0 aromatic heterocycles. The minimum absolute atomic E-state index is 0.112. The lowest BCUT2D eigenvalue weighted by Crippen LogP contribution is -2.28. The first kappa shape index (κ1) is 13.6. The first-order valence-corrected chi connectivity index (χ1v) is 7.62. The highest BCUT2D eigenvalue weighted by molar-refractivity contribution is 9.10. The van der Waals surface area contributed by atoms with Crippen molar-refractivity contribution in [1.29, 1.82) is 5.26 Å². The minimum atomic E-state index is -0.112. The topological polar surface area (TPSA) is 23.8 Å². The molecule has 0 heterocycles. The van der Waals surface area contributed by atoms with Gasteiger partial charge in [0.25, 0.3) is 0 Å². The molecule has 0 bridgehead atoms. The molecule has 18 heavy (non-hydrogen) atoms. The highest BCUT2D eigenvalue weighted by Crippen LogP contribution is 2.42. The van der Waals surface area contributed by atoms with Crippen LogP contribution >= 0.6 is 15.9 Å². The van der Waals surface area contributed by atoms with E-state index in [1.54, 1.807) is 0 Å². The zero-order valence-electron chi connectivity index (χ0n) is 11.0. The molecule has 0 saturated heterocycles. The fourth-order valence-corrected chi connectivity index (χ4v) is 3.22. The summed E-state index contributed by atoms with van der Waals surface area (Å²) in [6.07, 6.45) is 6.75. The van der Waals surface area contributed by atoms with Crippen molar-refractivity contribution in [2.24, 2.45) is 11.3 Å². The number of hydrogen-bond acceptors (Lipinski definition) is 1. The molecule has 1 saturated carbocycles. The maximum absolute atomic E-state index is 9.56. The summed E-state index contributed by atoms with van der Waals surface area (Å²) >= 11 is 3.45. The third-order valence-corrected chi connectivity index (χ3v) is 4.86. The van der Waals surface area contributed by atoms with Crippen LogP contribution in [0.1, 0.15) is 44.6 Å². The van der Waals surface area contributed by atoms with E-state index in [-0.39, 0.29) is 5.41 Å². The Morgan fingerprint density at radius 2 is 1.89 bits per heavy atom. The number of benzene rings is 1. The van der Waals surface area contributed by atoms with E-state index in [9.17, 15) is 5.26 Å². The summed E-state index contributed by atoms with van der Waals surface area (Å²) in [6, 6.07) is 11.0. The van der Waals surface area contributed by atoms with Crippen molar-refractivity contribution in [3.05, 3.63) is 34.3 Å². The largest absolute Gasteiger partial charge is 0.198 e. The van der Waals surface area contributed by atoms with Gasteiger partial charge in [0.15, 0.2) is 0 Å². The summed E-state index contributed by atoms with van der Waals surface area (Å²) in [7, 11) is 0. The normalized spacial score (nSPS) is 27.7. The number of nitriles is 1. The number of hydrogen-bond donors (Lipinski definition) is 0. The van der Waals surface area contributed by atoms with Gasteiger partial charge in [0.1, 0.15) is 0 Å². The molecule has 96 valence electrons. The summed E-state index contributed by atoms with van der Waals surface area (Å²) in [5, 5.41) is 9.56. The second kappa shape index (κ2) is 5.89. The Kier molecular flexibility index (Phi) is 4.45. The van der Waals surface area contributed by atoms with Crippen LogP contribution in [0.3, 0.4) is 0 Å². The lowest BCUT2D eigenvalue weighted by molar-refractivity contribution is 0.205. The van der Waals surface area contributed by atoms with E-state index in [1.807, 2.05) is 0 Å². The predicted molar refractivity (Wildman–Crippen MR) is 78.1 cm³/mol. The van der Waals surface area contributed by atoms with E-state index in [2.05, 4.69) is 53.2 Å². The summed E-state index contributed by atoms with van der Waals surface area (Å²) < 4.78 is 1.10. The average molecular weight is 306 g/mol. The maximum atomic E-state index is 9.56. The van der Waals surface area contributed by atoms with Crippen molar-refractivity contribution < 1.29 is 0 Å².